The zero-order valence-electron chi connectivity index (χ0n) is 13.5. The summed E-state index contributed by atoms with van der Waals surface area (Å²) in [5, 5.41) is 5.83. The zero-order valence-corrected chi connectivity index (χ0v) is 15.1. The Kier molecular flexibility index (Phi) is 5.38. The van der Waals surface area contributed by atoms with Gasteiger partial charge >= 0.3 is 4.87 Å². The van der Waals surface area contributed by atoms with E-state index in [0.29, 0.717) is 31.1 Å². The molecule has 2 heterocycles. The van der Waals surface area contributed by atoms with Gasteiger partial charge in [-0.15, -0.1) is 0 Å². The van der Waals surface area contributed by atoms with Crippen molar-refractivity contribution in [2.75, 3.05) is 19.6 Å². The Morgan fingerprint density at radius 1 is 1.46 bits per heavy atom. The predicted molar refractivity (Wildman–Crippen MR) is 96.7 cm³/mol. The van der Waals surface area contributed by atoms with Crippen LogP contribution >= 0.6 is 22.9 Å². The highest BCUT2D eigenvalue weighted by Crippen LogP contribution is 2.25. The topological polar surface area (TPSA) is 54.3 Å². The highest BCUT2D eigenvalue weighted by Gasteiger charge is 2.27. The van der Waals surface area contributed by atoms with Crippen LogP contribution in [0.5, 0.6) is 0 Å². The number of thiazole rings is 1. The van der Waals surface area contributed by atoms with Crippen LogP contribution in [0.15, 0.2) is 34.4 Å². The first kappa shape index (κ1) is 17.2. The number of benzene rings is 1. The number of aromatic nitrogens is 1. The molecule has 1 amide bonds. The summed E-state index contributed by atoms with van der Waals surface area (Å²) in [5.41, 5.74) is 1.94. The third-order valence-corrected chi connectivity index (χ3v) is 5.44. The van der Waals surface area contributed by atoms with Gasteiger partial charge in [0, 0.05) is 48.7 Å². The molecule has 5 nitrogen and oxygen atoms in total. The van der Waals surface area contributed by atoms with Gasteiger partial charge in [0.25, 0.3) is 0 Å². The molecule has 1 saturated heterocycles. The number of nitrogens with zero attached hydrogens (tertiary/aromatic N) is 2. The van der Waals surface area contributed by atoms with Crippen molar-refractivity contribution in [1.29, 1.82) is 0 Å². The second-order valence-electron chi connectivity index (χ2n) is 5.91. The van der Waals surface area contributed by atoms with Crippen molar-refractivity contribution in [1.82, 2.24) is 14.8 Å². The lowest BCUT2D eigenvalue weighted by Crippen LogP contribution is -2.48. The Morgan fingerprint density at radius 2 is 2.29 bits per heavy atom. The quantitative estimate of drug-likeness (QED) is 0.905. The molecule has 0 saturated carbocycles. The first-order valence-corrected chi connectivity index (χ1v) is 9.22. The van der Waals surface area contributed by atoms with Crippen LogP contribution in [0.25, 0.3) is 0 Å². The lowest BCUT2D eigenvalue weighted by atomic mass is 10.0. The molecule has 128 valence electrons. The van der Waals surface area contributed by atoms with Crippen molar-refractivity contribution >= 4 is 28.8 Å². The first-order valence-electron chi connectivity index (χ1n) is 7.97. The third kappa shape index (κ3) is 3.71. The van der Waals surface area contributed by atoms with Gasteiger partial charge < -0.3 is 14.8 Å². The summed E-state index contributed by atoms with van der Waals surface area (Å²) in [6.45, 7) is 4.47. The van der Waals surface area contributed by atoms with Crippen LogP contribution < -0.4 is 10.2 Å². The molecular formula is C17H20ClN3O2S. The van der Waals surface area contributed by atoms with Gasteiger partial charge in [0.15, 0.2) is 0 Å². The Labute approximate surface area is 149 Å². The van der Waals surface area contributed by atoms with E-state index in [0.717, 1.165) is 17.8 Å². The predicted octanol–water partition coefficient (Wildman–Crippen LogP) is 2.43. The van der Waals surface area contributed by atoms with Crippen molar-refractivity contribution < 1.29 is 4.79 Å². The van der Waals surface area contributed by atoms with Crippen LogP contribution in [0.3, 0.4) is 0 Å². The summed E-state index contributed by atoms with van der Waals surface area (Å²) in [5.74, 6) is 0.0685. The van der Waals surface area contributed by atoms with E-state index in [1.165, 1.54) is 11.3 Å². The van der Waals surface area contributed by atoms with Crippen molar-refractivity contribution in [3.05, 3.63) is 55.6 Å². The summed E-state index contributed by atoms with van der Waals surface area (Å²) < 4.78 is 1.67. The van der Waals surface area contributed by atoms with Gasteiger partial charge in [0.2, 0.25) is 5.91 Å². The van der Waals surface area contributed by atoms with E-state index >= 15 is 0 Å². The van der Waals surface area contributed by atoms with E-state index in [4.69, 9.17) is 11.6 Å². The molecule has 0 aliphatic carbocycles. The lowest BCUT2D eigenvalue weighted by Gasteiger charge is -2.36. The number of aryl methyl sites for hydroxylation is 1. The number of carbonyl (C=O) groups excluding carboxylic acids is 1. The molecule has 1 fully saturated rings. The van der Waals surface area contributed by atoms with Crippen LogP contribution in [0.4, 0.5) is 0 Å². The molecule has 1 aliphatic rings. The Hall–Kier alpha value is -1.63. The van der Waals surface area contributed by atoms with Gasteiger partial charge in [-0.05, 0) is 24.6 Å². The maximum atomic E-state index is 12.7. The van der Waals surface area contributed by atoms with Gasteiger partial charge in [0.1, 0.15) is 0 Å². The summed E-state index contributed by atoms with van der Waals surface area (Å²) in [4.78, 5) is 26.4. The molecular weight excluding hydrogens is 346 g/mol. The average Bonchev–Trinajstić information content (AvgIpc) is 2.91. The number of rotatable bonds is 4. The fourth-order valence-corrected chi connectivity index (χ4v) is 4.00. The van der Waals surface area contributed by atoms with Crippen LogP contribution in [0, 0.1) is 6.92 Å². The Morgan fingerprint density at radius 3 is 3.00 bits per heavy atom. The van der Waals surface area contributed by atoms with Crippen LogP contribution in [0.2, 0.25) is 5.02 Å². The van der Waals surface area contributed by atoms with E-state index in [9.17, 15) is 9.59 Å². The minimum absolute atomic E-state index is 0.00741. The molecule has 1 unspecified atom stereocenters. The summed E-state index contributed by atoms with van der Waals surface area (Å²) in [6, 6.07) is 7.62. The SMILES string of the molecule is Cc1csc(=O)n1CCC(=O)N1CCNCC1c1cccc(Cl)c1. The number of carbonyl (C=O) groups is 1. The van der Waals surface area contributed by atoms with Crippen molar-refractivity contribution in [3.8, 4) is 0 Å². The maximum absolute atomic E-state index is 12.7. The highest BCUT2D eigenvalue weighted by molar-refractivity contribution is 7.07. The second-order valence-corrected chi connectivity index (χ2v) is 7.16. The highest BCUT2D eigenvalue weighted by atomic mass is 35.5. The molecule has 0 radical (unpaired) electrons. The van der Waals surface area contributed by atoms with E-state index in [-0.39, 0.29) is 16.8 Å². The molecule has 3 rings (SSSR count). The smallest absolute Gasteiger partial charge is 0.307 e. The molecule has 1 atom stereocenters. The van der Waals surface area contributed by atoms with Crippen molar-refractivity contribution in [2.45, 2.75) is 25.9 Å². The molecule has 0 bridgehead atoms. The van der Waals surface area contributed by atoms with Crippen LogP contribution in [0.1, 0.15) is 23.7 Å². The monoisotopic (exact) mass is 365 g/mol. The first-order chi connectivity index (χ1) is 11.6. The van der Waals surface area contributed by atoms with Gasteiger partial charge in [0.05, 0.1) is 6.04 Å². The standard InChI is InChI=1S/C17H20ClN3O2S/c1-12-11-24-17(23)20(12)7-5-16(22)21-8-6-19-10-15(21)13-3-2-4-14(18)9-13/h2-4,9,11,15,19H,5-8,10H2,1H3. The minimum Gasteiger partial charge on any atom is -0.333 e. The number of hydrogen-bond acceptors (Lipinski definition) is 4. The number of halogens is 1. The zero-order chi connectivity index (χ0) is 17.1. The minimum atomic E-state index is -0.0229. The fraction of sp³-hybridized carbons (Fsp3) is 0.412. The van der Waals surface area contributed by atoms with Gasteiger partial charge in [-0.2, -0.15) is 0 Å². The van der Waals surface area contributed by atoms with Crippen LogP contribution in [-0.4, -0.2) is 35.0 Å². The maximum Gasteiger partial charge on any atom is 0.307 e. The normalized spacial score (nSPS) is 17.9. The second kappa shape index (κ2) is 7.51. The number of piperazine rings is 1. The number of hydrogen-bond donors (Lipinski definition) is 1. The van der Waals surface area contributed by atoms with Gasteiger partial charge in [-0.1, -0.05) is 35.1 Å². The molecule has 1 aromatic carbocycles. The summed E-state index contributed by atoms with van der Waals surface area (Å²) >= 11 is 7.27. The van der Waals surface area contributed by atoms with E-state index in [1.54, 1.807) is 4.57 Å². The van der Waals surface area contributed by atoms with Crippen LogP contribution in [-0.2, 0) is 11.3 Å². The molecule has 2 aromatic rings. The lowest BCUT2D eigenvalue weighted by molar-refractivity contribution is -0.134. The van der Waals surface area contributed by atoms with Gasteiger partial charge in [-0.3, -0.25) is 9.59 Å². The number of nitrogens with one attached hydrogen (secondary N) is 1. The van der Waals surface area contributed by atoms with Crippen molar-refractivity contribution in [3.63, 3.8) is 0 Å². The van der Waals surface area contributed by atoms with E-state index < -0.39 is 0 Å². The molecule has 0 spiro atoms. The van der Waals surface area contributed by atoms with E-state index in [2.05, 4.69) is 5.32 Å². The van der Waals surface area contributed by atoms with Gasteiger partial charge in [-0.25, -0.2) is 0 Å². The van der Waals surface area contributed by atoms with E-state index in [1.807, 2.05) is 41.5 Å². The molecule has 24 heavy (non-hydrogen) atoms. The Balaban J connectivity index is 1.73. The summed E-state index contributed by atoms with van der Waals surface area (Å²) in [7, 11) is 0. The summed E-state index contributed by atoms with van der Waals surface area (Å²) in [6.07, 6.45) is 0.328. The Bertz CT molecular complexity index is 786. The molecule has 7 heteroatoms. The number of amides is 1. The largest absolute Gasteiger partial charge is 0.333 e. The third-order valence-electron chi connectivity index (χ3n) is 4.32. The fourth-order valence-electron chi connectivity index (χ4n) is 3.04. The average molecular weight is 366 g/mol. The van der Waals surface area contributed by atoms with Crippen molar-refractivity contribution in [2.24, 2.45) is 0 Å². The molecule has 1 aliphatic heterocycles. The molecule has 1 N–H and O–H groups in total. The molecule has 1 aromatic heterocycles.